The van der Waals surface area contributed by atoms with Gasteiger partial charge >= 0.3 is 0 Å². The highest BCUT2D eigenvalue weighted by Gasteiger charge is 2.15. The lowest BCUT2D eigenvalue weighted by molar-refractivity contribution is 0.374. The van der Waals surface area contributed by atoms with E-state index in [0.29, 0.717) is 6.61 Å². The molecule has 4 aromatic rings. The number of aliphatic imine (C=N–C) groups is 1. The molecule has 2 aromatic heterocycles. The summed E-state index contributed by atoms with van der Waals surface area (Å²) in [7, 11) is 0. The molecule has 0 aliphatic carbocycles. The number of nitrogens with one attached hydrogen (secondary N) is 1. The van der Waals surface area contributed by atoms with Crippen molar-refractivity contribution in [3.8, 4) is 5.75 Å². The van der Waals surface area contributed by atoms with Gasteiger partial charge in [-0.1, -0.05) is 0 Å². The number of amidine groups is 1. The first-order valence-corrected chi connectivity index (χ1v) is 9.45. The van der Waals surface area contributed by atoms with Gasteiger partial charge in [0.05, 0.1) is 12.1 Å². The molecule has 5 heteroatoms. The second-order valence-electron chi connectivity index (χ2n) is 6.96. The Bertz CT molecular complexity index is 1210. The fourth-order valence-corrected chi connectivity index (χ4v) is 4.17. The third-order valence-electron chi connectivity index (χ3n) is 5.42. The highest BCUT2D eigenvalue weighted by molar-refractivity contribution is 6.14. The van der Waals surface area contributed by atoms with Crippen molar-refractivity contribution in [1.29, 1.82) is 0 Å². The summed E-state index contributed by atoms with van der Waals surface area (Å²) >= 11 is 0. The summed E-state index contributed by atoms with van der Waals surface area (Å²) in [4.78, 5) is 8.70. The first kappa shape index (κ1) is 16.1. The highest BCUT2D eigenvalue weighted by Crippen LogP contribution is 2.36. The second kappa shape index (κ2) is 6.27. The monoisotopic (exact) mass is 358 g/mol. The lowest BCUT2D eigenvalue weighted by Gasteiger charge is -2.08. The largest absolute Gasteiger partial charge is 0.486 e. The van der Waals surface area contributed by atoms with Crippen molar-refractivity contribution in [3.63, 3.8) is 0 Å². The third kappa shape index (κ3) is 2.53. The zero-order valence-electron chi connectivity index (χ0n) is 15.6. The van der Waals surface area contributed by atoms with Gasteiger partial charge < -0.3 is 14.6 Å². The number of pyridine rings is 1. The molecule has 0 atom stereocenters. The Morgan fingerprint density at radius 2 is 2.07 bits per heavy atom. The molecule has 0 bridgehead atoms. The third-order valence-corrected chi connectivity index (χ3v) is 5.42. The van der Waals surface area contributed by atoms with Gasteiger partial charge in [-0.2, -0.15) is 0 Å². The van der Waals surface area contributed by atoms with Crippen molar-refractivity contribution in [3.05, 3.63) is 48.3 Å². The molecule has 3 heterocycles. The van der Waals surface area contributed by atoms with Crippen LogP contribution in [0.25, 0.3) is 32.6 Å². The number of aryl methyl sites for hydroxylation is 2. The number of rotatable bonds is 4. The molecule has 5 nitrogen and oxygen atoms in total. The molecule has 27 heavy (non-hydrogen) atoms. The van der Waals surface area contributed by atoms with Gasteiger partial charge in [-0.15, -0.1) is 0 Å². The number of fused-ring (bicyclic) bond motifs is 4. The molecule has 1 N–H and O–H groups in total. The topological polar surface area (TPSA) is 51.4 Å². The van der Waals surface area contributed by atoms with Crippen molar-refractivity contribution in [2.45, 2.75) is 20.4 Å². The molecule has 0 spiro atoms. The van der Waals surface area contributed by atoms with E-state index < -0.39 is 0 Å². The Morgan fingerprint density at radius 3 is 2.89 bits per heavy atom. The number of aromatic nitrogens is 2. The molecule has 0 saturated carbocycles. The van der Waals surface area contributed by atoms with Crippen molar-refractivity contribution in [2.24, 2.45) is 4.99 Å². The van der Waals surface area contributed by atoms with Crippen LogP contribution in [0.5, 0.6) is 5.75 Å². The van der Waals surface area contributed by atoms with Crippen LogP contribution in [0.1, 0.15) is 12.5 Å². The minimum Gasteiger partial charge on any atom is -0.486 e. The average Bonchev–Trinajstić information content (AvgIpc) is 3.32. The first-order chi connectivity index (χ1) is 13.3. The summed E-state index contributed by atoms with van der Waals surface area (Å²) in [5, 5.41) is 8.16. The van der Waals surface area contributed by atoms with Gasteiger partial charge in [0.1, 0.15) is 18.2 Å². The van der Waals surface area contributed by atoms with Crippen LogP contribution in [-0.2, 0) is 6.54 Å². The molecular formula is C22H22N4O. The minimum atomic E-state index is 0.490. The summed E-state index contributed by atoms with van der Waals surface area (Å²) in [6.07, 6.45) is 3.81. The van der Waals surface area contributed by atoms with Gasteiger partial charge in [-0.3, -0.25) is 9.98 Å². The molecule has 5 rings (SSSR count). The summed E-state index contributed by atoms with van der Waals surface area (Å²) in [5.41, 5.74) is 3.84. The van der Waals surface area contributed by atoms with E-state index in [9.17, 15) is 0 Å². The molecule has 0 fully saturated rings. The number of hydrogen-bond donors (Lipinski definition) is 1. The summed E-state index contributed by atoms with van der Waals surface area (Å²) in [5.74, 6) is 1.80. The van der Waals surface area contributed by atoms with Gasteiger partial charge in [0.25, 0.3) is 0 Å². The quantitative estimate of drug-likeness (QED) is 0.599. The molecule has 136 valence electrons. The average molecular weight is 358 g/mol. The summed E-state index contributed by atoms with van der Waals surface area (Å²) in [6.45, 7) is 7.56. The molecule has 0 radical (unpaired) electrons. The Hall–Kier alpha value is -3.08. The minimum absolute atomic E-state index is 0.490. The van der Waals surface area contributed by atoms with Crippen LogP contribution >= 0.6 is 0 Å². The van der Waals surface area contributed by atoms with Crippen LogP contribution in [0.15, 0.2) is 47.7 Å². The Morgan fingerprint density at radius 1 is 1.15 bits per heavy atom. The zero-order chi connectivity index (χ0) is 18.4. The van der Waals surface area contributed by atoms with E-state index in [-0.39, 0.29) is 0 Å². The maximum absolute atomic E-state index is 5.99. The van der Waals surface area contributed by atoms with Crippen molar-refractivity contribution in [2.75, 3.05) is 19.7 Å². The predicted molar refractivity (Wildman–Crippen MR) is 111 cm³/mol. The van der Waals surface area contributed by atoms with Crippen LogP contribution in [0.3, 0.4) is 0 Å². The number of nitrogens with zero attached hydrogens (tertiary/aromatic N) is 3. The van der Waals surface area contributed by atoms with Crippen LogP contribution in [0.4, 0.5) is 0 Å². The lowest BCUT2D eigenvalue weighted by Crippen LogP contribution is -2.24. The molecule has 1 aliphatic heterocycles. The normalized spacial score (nSPS) is 14.1. The first-order valence-electron chi connectivity index (χ1n) is 9.45. The van der Waals surface area contributed by atoms with Crippen LogP contribution in [0.2, 0.25) is 0 Å². The van der Waals surface area contributed by atoms with Crippen molar-refractivity contribution in [1.82, 2.24) is 14.9 Å². The van der Waals surface area contributed by atoms with Crippen molar-refractivity contribution < 1.29 is 4.74 Å². The maximum Gasteiger partial charge on any atom is 0.145 e. The summed E-state index contributed by atoms with van der Waals surface area (Å²) < 4.78 is 8.39. The van der Waals surface area contributed by atoms with E-state index in [1.807, 2.05) is 12.4 Å². The lowest BCUT2D eigenvalue weighted by atomic mass is 10.0. The SMILES string of the molecule is CCn1c2ccc(OCC3=NCCN3)cc2c2cc3cnccc3c(C)c21. The molecular weight excluding hydrogens is 336 g/mol. The van der Waals surface area contributed by atoms with Crippen LogP contribution < -0.4 is 10.1 Å². The van der Waals surface area contributed by atoms with Gasteiger partial charge in [0.2, 0.25) is 0 Å². The summed E-state index contributed by atoms with van der Waals surface area (Å²) in [6, 6.07) is 10.7. The Balaban J connectivity index is 1.70. The zero-order valence-corrected chi connectivity index (χ0v) is 15.6. The van der Waals surface area contributed by atoms with E-state index in [2.05, 4.69) is 64.0 Å². The smallest absolute Gasteiger partial charge is 0.145 e. The number of benzene rings is 2. The molecule has 1 aliphatic rings. The standard InChI is InChI=1S/C22H22N4O/c1-3-26-20-5-4-16(27-13-21-24-8-9-25-21)11-18(20)19-10-15-12-23-7-6-17(15)14(2)22(19)26/h4-7,10-12H,3,8-9,13H2,1-2H3,(H,24,25). The van der Waals surface area contributed by atoms with Gasteiger partial charge in [-0.05, 0) is 55.1 Å². The fourth-order valence-electron chi connectivity index (χ4n) is 4.17. The van der Waals surface area contributed by atoms with Crippen LogP contribution in [0, 0.1) is 6.92 Å². The molecule has 2 aromatic carbocycles. The predicted octanol–water partition coefficient (Wildman–Crippen LogP) is 4.05. The Kier molecular flexibility index (Phi) is 3.74. The van der Waals surface area contributed by atoms with E-state index >= 15 is 0 Å². The second-order valence-corrected chi connectivity index (χ2v) is 6.96. The molecule has 0 unspecified atom stereocenters. The fraction of sp³-hybridized carbons (Fsp3) is 0.273. The van der Waals surface area contributed by atoms with Gasteiger partial charge in [0.15, 0.2) is 0 Å². The van der Waals surface area contributed by atoms with E-state index in [1.165, 1.54) is 38.1 Å². The molecule has 0 amide bonds. The van der Waals surface area contributed by atoms with Crippen molar-refractivity contribution >= 4 is 38.4 Å². The molecule has 0 saturated heterocycles. The highest BCUT2D eigenvalue weighted by atomic mass is 16.5. The van der Waals surface area contributed by atoms with Gasteiger partial charge in [-0.25, -0.2) is 0 Å². The van der Waals surface area contributed by atoms with E-state index in [0.717, 1.165) is 31.2 Å². The van der Waals surface area contributed by atoms with E-state index in [1.54, 1.807) is 0 Å². The Labute approximate surface area is 157 Å². The van der Waals surface area contributed by atoms with Crippen LogP contribution in [-0.4, -0.2) is 35.1 Å². The number of ether oxygens (including phenoxy) is 1. The number of hydrogen-bond acceptors (Lipinski definition) is 4. The van der Waals surface area contributed by atoms with E-state index in [4.69, 9.17) is 4.74 Å². The van der Waals surface area contributed by atoms with Gasteiger partial charge in [0, 0.05) is 47.2 Å². The maximum atomic E-state index is 5.99.